The van der Waals surface area contributed by atoms with Crippen molar-refractivity contribution >= 4 is 9.73 Å². The van der Waals surface area contributed by atoms with Gasteiger partial charge in [-0.2, -0.15) is 0 Å². The summed E-state index contributed by atoms with van der Waals surface area (Å²) in [6.45, 7) is 0. The Bertz CT molecular complexity index is 191. The van der Waals surface area contributed by atoms with Crippen LogP contribution in [0.15, 0.2) is 0 Å². The van der Waals surface area contributed by atoms with Gasteiger partial charge in [-0.3, -0.25) is 4.78 Å². The first kappa shape index (κ1) is 7.02. The standard InChI is InChI=1S/C5H11NO2S/c1-9(6,8)5-2-4(7)3-5/h4-7H,2-3H2,1H3. The summed E-state index contributed by atoms with van der Waals surface area (Å²) in [7, 11) is -2.36. The molecule has 0 saturated heterocycles. The lowest BCUT2D eigenvalue weighted by Crippen LogP contribution is -2.38. The largest absolute Gasteiger partial charge is 0.393 e. The maximum Gasteiger partial charge on any atom is 0.0563 e. The minimum absolute atomic E-state index is 0.0486. The van der Waals surface area contributed by atoms with E-state index >= 15 is 0 Å². The molecule has 0 aromatic carbocycles. The number of aliphatic hydroxyl groups excluding tert-OH is 1. The van der Waals surface area contributed by atoms with Crippen molar-refractivity contribution in [1.82, 2.24) is 0 Å². The minimum atomic E-state index is -2.36. The highest BCUT2D eigenvalue weighted by molar-refractivity contribution is 7.92. The molecule has 54 valence electrons. The Morgan fingerprint density at radius 2 is 2.11 bits per heavy atom. The van der Waals surface area contributed by atoms with Crippen LogP contribution >= 0.6 is 0 Å². The molecule has 1 unspecified atom stereocenters. The summed E-state index contributed by atoms with van der Waals surface area (Å²) < 4.78 is 18.0. The average Bonchev–Trinajstić information content (AvgIpc) is 1.55. The molecular weight excluding hydrogens is 138 g/mol. The molecule has 1 aliphatic carbocycles. The van der Waals surface area contributed by atoms with Gasteiger partial charge in [-0.05, 0) is 12.8 Å². The van der Waals surface area contributed by atoms with Crippen molar-refractivity contribution in [3.63, 3.8) is 0 Å². The maximum atomic E-state index is 10.9. The van der Waals surface area contributed by atoms with E-state index in [-0.39, 0.29) is 11.4 Å². The lowest BCUT2D eigenvalue weighted by atomic mass is 9.96. The van der Waals surface area contributed by atoms with Crippen LogP contribution in [0.5, 0.6) is 0 Å². The SMILES string of the molecule is CS(=N)(=O)C1CC(O)C1. The molecule has 1 saturated carbocycles. The third-order valence-corrected chi connectivity index (χ3v) is 3.36. The number of nitrogens with one attached hydrogen (secondary N) is 1. The van der Waals surface area contributed by atoms with Gasteiger partial charge in [0.05, 0.1) is 6.10 Å². The van der Waals surface area contributed by atoms with Crippen LogP contribution in [0.2, 0.25) is 0 Å². The number of hydrogen-bond donors (Lipinski definition) is 2. The van der Waals surface area contributed by atoms with Crippen LogP contribution in [0.1, 0.15) is 12.8 Å². The Kier molecular flexibility index (Phi) is 1.52. The molecule has 0 aromatic heterocycles. The third-order valence-electron chi connectivity index (χ3n) is 1.71. The molecule has 0 spiro atoms. The lowest BCUT2D eigenvalue weighted by Gasteiger charge is -2.30. The first-order valence-corrected chi connectivity index (χ1v) is 4.94. The highest BCUT2D eigenvalue weighted by Crippen LogP contribution is 2.26. The zero-order valence-corrected chi connectivity index (χ0v) is 6.15. The van der Waals surface area contributed by atoms with E-state index in [0.29, 0.717) is 12.8 Å². The maximum absolute atomic E-state index is 10.9. The van der Waals surface area contributed by atoms with E-state index in [0.717, 1.165) is 0 Å². The van der Waals surface area contributed by atoms with Crippen LogP contribution in [-0.2, 0) is 9.73 Å². The van der Waals surface area contributed by atoms with E-state index in [2.05, 4.69) is 0 Å². The minimum Gasteiger partial charge on any atom is -0.393 e. The molecule has 1 atom stereocenters. The third kappa shape index (κ3) is 1.43. The van der Waals surface area contributed by atoms with Gasteiger partial charge in [0.1, 0.15) is 0 Å². The van der Waals surface area contributed by atoms with E-state index in [1.165, 1.54) is 6.26 Å². The van der Waals surface area contributed by atoms with Gasteiger partial charge in [0, 0.05) is 21.2 Å². The van der Waals surface area contributed by atoms with Crippen LogP contribution in [0, 0.1) is 4.78 Å². The quantitative estimate of drug-likeness (QED) is 0.559. The van der Waals surface area contributed by atoms with Crippen LogP contribution in [0.3, 0.4) is 0 Å². The van der Waals surface area contributed by atoms with Gasteiger partial charge in [-0.25, -0.2) is 4.21 Å². The van der Waals surface area contributed by atoms with Gasteiger partial charge in [-0.1, -0.05) is 0 Å². The van der Waals surface area contributed by atoms with Gasteiger partial charge in [0.25, 0.3) is 0 Å². The summed E-state index contributed by atoms with van der Waals surface area (Å²) in [6, 6.07) is 0. The fourth-order valence-corrected chi connectivity index (χ4v) is 2.08. The molecule has 0 radical (unpaired) electrons. The molecule has 0 heterocycles. The first-order chi connectivity index (χ1) is 4.00. The highest BCUT2D eigenvalue weighted by atomic mass is 32.2. The Morgan fingerprint density at radius 1 is 1.67 bits per heavy atom. The zero-order chi connectivity index (χ0) is 7.07. The first-order valence-electron chi connectivity index (χ1n) is 2.91. The number of aliphatic hydroxyl groups is 1. The van der Waals surface area contributed by atoms with Crippen molar-refractivity contribution < 1.29 is 9.32 Å². The molecule has 9 heavy (non-hydrogen) atoms. The van der Waals surface area contributed by atoms with Crippen LogP contribution in [-0.4, -0.2) is 26.9 Å². The monoisotopic (exact) mass is 149 g/mol. The lowest BCUT2D eigenvalue weighted by molar-refractivity contribution is 0.0988. The van der Waals surface area contributed by atoms with Gasteiger partial charge in [0.15, 0.2) is 0 Å². The second-order valence-corrected chi connectivity index (χ2v) is 5.13. The Labute approximate surface area is 55.1 Å². The number of rotatable bonds is 1. The molecule has 0 bridgehead atoms. The Morgan fingerprint density at radius 3 is 2.22 bits per heavy atom. The Hall–Kier alpha value is -0.0900. The predicted octanol–water partition coefficient (Wildman–Crippen LogP) is 0.186. The van der Waals surface area contributed by atoms with Crippen molar-refractivity contribution in [2.75, 3.05) is 6.26 Å². The highest BCUT2D eigenvalue weighted by Gasteiger charge is 2.32. The summed E-state index contributed by atoms with van der Waals surface area (Å²) in [5.41, 5.74) is 0. The van der Waals surface area contributed by atoms with Crippen LogP contribution in [0.25, 0.3) is 0 Å². The van der Waals surface area contributed by atoms with Crippen molar-refractivity contribution in [1.29, 1.82) is 4.78 Å². The Balaban J connectivity index is 2.51. The molecule has 1 fully saturated rings. The van der Waals surface area contributed by atoms with Crippen LogP contribution < -0.4 is 0 Å². The van der Waals surface area contributed by atoms with Crippen molar-refractivity contribution in [3.8, 4) is 0 Å². The molecule has 1 rings (SSSR count). The molecule has 0 aromatic rings. The fourth-order valence-electron chi connectivity index (χ4n) is 0.905. The van der Waals surface area contributed by atoms with Crippen molar-refractivity contribution in [2.45, 2.75) is 24.2 Å². The van der Waals surface area contributed by atoms with Crippen LogP contribution in [0.4, 0.5) is 0 Å². The molecule has 3 nitrogen and oxygen atoms in total. The second kappa shape index (κ2) is 1.95. The molecule has 1 aliphatic rings. The molecular formula is C5H11NO2S. The van der Waals surface area contributed by atoms with Gasteiger partial charge >= 0.3 is 0 Å². The summed E-state index contributed by atoms with van der Waals surface area (Å²) >= 11 is 0. The van der Waals surface area contributed by atoms with Crippen molar-refractivity contribution in [2.24, 2.45) is 0 Å². The van der Waals surface area contributed by atoms with E-state index < -0.39 is 9.73 Å². The zero-order valence-electron chi connectivity index (χ0n) is 5.33. The summed E-state index contributed by atoms with van der Waals surface area (Å²) in [5, 5.41) is 8.72. The topological polar surface area (TPSA) is 61.2 Å². The predicted molar refractivity (Wildman–Crippen MR) is 35.8 cm³/mol. The van der Waals surface area contributed by atoms with Gasteiger partial charge in [-0.15, -0.1) is 0 Å². The summed E-state index contributed by atoms with van der Waals surface area (Å²) in [5.74, 6) is 0. The van der Waals surface area contributed by atoms with Gasteiger partial charge in [0.2, 0.25) is 0 Å². The fraction of sp³-hybridized carbons (Fsp3) is 1.00. The van der Waals surface area contributed by atoms with E-state index in [9.17, 15) is 4.21 Å². The van der Waals surface area contributed by atoms with Gasteiger partial charge < -0.3 is 5.11 Å². The molecule has 0 amide bonds. The summed E-state index contributed by atoms with van der Waals surface area (Å²) in [4.78, 5) is 0. The molecule has 2 N–H and O–H groups in total. The van der Waals surface area contributed by atoms with E-state index in [1.54, 1.807) is 0 Å². The molecule has 4 heteroatoms. The average molecular weight is 149 g/mol. The molecule has 0 aliphatic heterocycles. The summed E-state index contributed by atoms with van der Waals surface area (Å²) in [6.07, 6.45) is 2.25. The second-order valence-electron chi connectivity index (χ2n) is 2.65. The van der Waals surface area contributed by atoms with E-state index in [1.807, 2.05) is 0 Å². The normalized spacial score (nSPS) is 41.1. The smallest absolute Gasteiger partial charge is 0.0563 e. The van der Waals surface area contributed by atoms with E-state index in [4.69, 9.17) is 9.89 Å². The number of hydrogen-bond acceptors (Lipinski definition) is 3. The van der Waals surface area contributed by atoms with Crippen molar-refractivity contribution in [3.05, 3.63) is 0 Å².